The molecule has 0 radical (unpaired) electrons. The van der Waals surface area contributed by atoms with Crippen LogP contribution in [0.25, 0.3) is 0 Å². The molecular weight excluding hydrogens is 252 g/mol. The van der Waals surface area contributed by atoms with Gasteiger partial charge in [0.2, 0.25) is 0 Å². The Morgan fingerprint density at radius 2 is 2.05 bits per heavy atom. The van der Waals surface area contributed by atoms with Crippen molar-refractivity contribution in [2.75, 3.05) is 18.5 Å². The van der Waals surface area contributed by atoms with Crippen LogP contribution in [0, 0.1) is 12.3 Å². The molecule has 1 aromatic rings. The quantitative estimate of drug-likeness (QED) is 0.584. The number of hydrogen-bond acceptors (Lipinski definition) is 2. The Kier molecular flexibility index (Phi) is 6.03. The topological polar surface area (TPSA) is 68.2 Å². The van der Waals surface area contributed by atoms with Crippen LogP contribution in [0.1, 0.15) is 31.4 Å². The van der Waals surface area contributed by atoms with Crippen molar-refractivity contribution >= 4 is 17.7 Å². The van der Waals surface area contributed by atoms with Gasteiger partial charge in [-0.1, -0.05) is 32.0 Å². The highest BCUT2D eigenvalue weighted by atomic mass is 16.2. The van der Waals surface area contributed by atoms with Gasteiger partial charge in [-0.05, 0) is 30.9 Å². The molecule has 0 aliphatic heterocycles. The summed E-state index contributed by atoms with van der Waals surface area (Å²) in [5.41, 5.74) is 3.08. The third kappa shape index (κ3) is 3.98. The molecule has 1 aromatic carbocycles. The maximum Gasteiger partial charge on any atom is 0.328 e. The fourth-order valence-electron chi connectivity index (χ4n) is 2.07. The average Bonchev–Trinajstić information content (AvgIpc) is 2.43. The predicted octanol–water partition coefficient (Wildman–Crippen LogP) is 2.64. The number of carbonyl (C=O) groups excluding carboxylic acids is 1. The molecule has 2 amide bonds. The van der Waals surface area contributed by atoms with Crippen molar-refractivity contribution in [3.63, 3.8) is 0 Å². The standard InChI is InChI=1S/C15H24N4O/c1-5-10-17-14(16)18-15(20)19(4)13-11(3)8-7-9-12(13)6-2/h7-9H,5-6,10H2,1-4H3,(H3,16,17,18,20). The van der Waals surface area contributed by atoms with E-state index in [4.69, 9.17) is 5.41 Å². The highest BCUT2D eigenvalue weighted by molar-refractivity contribution is 6.03. The summed E-state index contributed by atoms with van der Waals surface area (Å²) in [5, 5.41) is 13.0. The normalized spacial score (nSPS) is 10.0. The fourth-order valence-corrected chi connectivity index (χ4v) is 2.07. The Morgan fingerprint density at radius 1 is 1.35 bits per heavy atom. The Morgan fingerprint density at radius 3 is 2.65 bits per heavy atom. The molecule has 0 atom stereocenters. The molecule has 0 aliphatic rings. The van der Waals surface area contributed by atoms with E-state index in [-0.39, 0.29) is 12.0 Å². The molecule has 0 fully saturated rings. The van der Waals surface area contributed by atoms with Gasteiger partial charge in [-0.3, -0.25) is 15.6 Å². The van der Waals surface area contributed by atoms with Gasteiger partial charge >= 0.3 is 6.03 Å². The molecule has 5 heteroatoms. The summed E-state index contributed by atoms with van der Waals surface area (Å²) in [4.78, 5) is 13.7. The summed E-state index contributed by atoms with van der Waals surface area (Å²) >= 11 is 0. The number of urea groups is 1. The van der Waals surface area contributed by atoms with E-state index in [1.165, 1.54) is 0 Å². The zero-order valence-electron chi connectivity index (χ0n) is 12.7. The first-order valence-electron chi connectivity index (χ1n) is 6.96. The molecule has 3 N–H and O–H groups in total. The highest BCUT2D eigenvalue weighted by Gasteiger charge is 2.16. The molecule has 0 saturated heterocycles. The van der Waals surface area contributed by atoms with Gasteiger partial charge < -0.3 is 5.32 Å². The van der Waals surface area contributed by atoms with E-state index in [0.29, 0.717) is 6.54 Å². The maximum absolute atomic E-state index is 12.2. The van der Waals surface area contributed by atoms with E-state index in [1.807, 2.05) is 32.0 Å². The summed E-state index contributed by atoms with van der Waals surface area (Å²) in [5.74, 6) is 0.0373. The number of guanidine groups is 1. The van der Waals surface area contributed by atoms with Crippen molar-refractivity contribution in [2.45, 2.75) is 33.6 Å². The largest absolute Gasteiger partial charge is 0.356 e. The van der Waals surface area contributed by atoms with E-state index >= 15 is 0 Å². The van der Waals surface area contributed by atoms with Crippen molar-refractivity contribution < 1.29 is 4.79 Å². The summed E-state index contributed by atoms with van der Waals surface area (Å²) in [7, 11) is 1.73. The minimum absolute atomic E-state index is 0.0373. The van der Waals surface area contributed by atoms with Crippen molar-refractivity contribution in [3.05, 3.63) is 29.3 Å². The van der Waals surface area contributed by atoms with Crippen LogP contribution < -0.4 is 15.5 Å². The molecule has 110 valence electrons. The van der Waals surface area contributed by atoms with Gasteiger partial charge in [0.05, 0.1) is 5.69 Å². The molecule has 0 aromatic heterocycles. The van der Waals surface area contributed by atoms with Gasteiger partial charge in [0.1, 0.15) is 0 Å². The monoisotopic (exact) mass is 276 g/mol. The van der Waals surface area contributed by atoms with Crippen LogP contribution in [0.5, 0.6) is 0 Å². The summed E-state index contributed by atoms with van der Waals surface area (Å²) in [6.07, 6.45) is 1.77. The van der Waals surface area contributed by atoms with Crippen LogP contribution in [0.4, 0.5) is 10.5 Å². The number of anilines is 1. The number of nitrogens with one attached hydrogen (secondary N) is 3. The van der Waals surface area contributed by atoms with Crippen LogP contribution in [-0.2, 0) is 6.42 Å². The van der Waals surface area contributed by atoms with Crippen LogP contribution in [0.3, 0.4) is 0 Å². The van der Waals surface area contributed by atoms with Gasteiger partial charge in [0.25, 0.3) is 0 Å². The second-order valence-electron chi connectivity index (χ2n) is 4.73. The third-order valence-electron chi connectivity index (χ3n) is 3.13. The average molecular weight is 276 g/mol. The van der Waals surface area contributed by atoms with Gasteiger partial charge in [-0.2, -0.15) is 0 Å². The molecule has 20 heavy (non-hydrogen) atoms. The number of amides is 2. The second-order valence-corrected chi connectivity index (χ2v) is 4.73. The number of hydrogen-bond donors (Lipinski definition) is 3. The Labute approximate surface area is 120 Å². The first kappa shape index (κ1) is 16.0. The summed E-state index contributed by atoms with van der Waals surface area (Å²) < 4.78 is 0. The lowest BCUT2D eigenvalue weighted by molar-refractivity contribution is 0.251. The first-order chi connectivity index (χ1) is 9.51. The molecule has 0 heterocycles. The molecular formula is C15H24N4O. The van der Waals surface area contributed by atoms with Gasteiger partial charge in [-0.15, -0.1) is 0 Å². The van der Waals surface area contributed by atoms with Crippen molar-refractivity contribution in [1.82, 2.24) is 10.6 Å². The zero-order chi connectivity index (χ0) is 15.1. The smallest absolute Gasteiger partial charge is 0.328 e. The molecule has 0 saturated carbocycles. The molecule has 1 rings (SSSR count). The van der Waals surface area contributed by atoms with Crippen LogP contribution >= 0.6 is 0 Å². The van der Waals surface area contributed by atoms with Crippen LogP contribution in [0.2, 0.25) is 0 Å². The third-order valence-corrected chi connectivity index (χ3v) is 3.13. The minimum atomic E-state index is -0.303. The zero-order valence-corrected chi connectivity index (χ0v) is 12.7. The van der Waals surface area contributed by atoms with E-state index in [1.54, 1.807) is 11.9 Å². The molecule has 0 bridgehead atoms. The Bertz CT molecular complexity index is 485. The lowest BCUT2D eigenvalue weighted by atomic mass is 10.1. The maximum atomic E-state index is 12.2. The molecule has 0 unspecified atom stereocenters. The number of aryl methyl sites for hydroxylation is 2. The lowest BCUT2D eigenvalue weighted by Crippen LogP contribution is -2.46. The lowest BCUT2D eigenvalue weighted by Gasteiger charge is -2.23. The molecule has 0 spiro atoms. The number of rotatable bonds is 4. The number of para-hydroxylation sites is 1. The van der Waals surface area contributed by atoms with Gasteiger partial charge in [0.15, 0.2) is 5.96 Å². The highest BCUT2D eigenvalue weighted by Crippen LogP contribution is 2.24. The van der Waals surface area contributed by atoms with E-state index in [9.17, 15) is 4.79 Å². The van der Waals surface area contributed by atoms with E-state index in [2.05, 4.69) is 17.6 Å². The van der Waals surface area contributed by atoms with Gasteiger partial charge in [0, 0.05) is 13.6 Å². The van der Waals surface area contributed by atoms with Gasteiger partial charge in [-0.25, -0.2) is 4.79 Å². The van der Waals surface area contributed by atoms with Crippen molar-refractivity contribution in [2.24, 2.45) is 0 Å². The minimum Gasteiger partial charge on any atom is -0.356 e. The van der Waals surface area contributed by atoms with E-state index < -0.39 is 0 Å². The SMILES string of the molecule is CCCNC(=N)NC(=O)N(C)c1c(C)cccc1CC. The molecule has 5 nitrogen and oxygen atoms in total. The van der Waals surface area contributed by atoms with Crippen LogP contribution in [0.15, 0.2) is 18.2 Å². The van der Waals surface area contributed by atoms with Crippen molar-refractivity contribution in [3.8, 4) is 0 Å². The number of carbonyl (C=O) groups is 1. The number of benzene rings is 1. The van der Waals surface area contributed by atoms with Crippen LogP contribution in [-0.4, -0.2) is 25.6 Å². The molecule has 0 aliphatic carbocycles. The summed E-state index contributed by atoms with van der Waals surface area (Å²) in [6.45, 7) is 6.73. The Hall–Kier alpha value is -2.04. The van der Waals surface area contributed by atoms with E-state index in [0.717, 1.165) is 29.7 Å². The van der Waals surface area contributed by atoms with Crippen molar-refractivity contribution in [1.29, 1.82) is 5.41 Å². The Balaban J connectivity index is 2.82. The summed E-state index contributed by atoms with van der Waals surface area (Å²) in [6, 6.07) is 5.70. The number of nitrogens with zero attached hydrogens (tertiary/aromatic N) is 1. The second kappa shape index (κ2) is 7.53. The predicted molar refractivity (Wildman–Crippen MR) is 83.5 cm³/mol. The fraction of sp³-hybridized carbons (Fsp3) is 0.467. The first-order valence-corrected chi connectivity index (χ1v) is 6.96.